The molecular formula is C6H6Cl2F8. The molecule has 0 fully saturated rings. The minimum absolute atomic E-state index is 0. The second kappa shape index (κ2) is 8.86. The van der Waals surface area contributed by atoms with Gasteiger partial charge in [-0.1, -0.05) is 11.6 Å². The van der Waals surface area contributed by atoms with Crippen molar-refractivity contribution in [1.29, 1.82) is 0 Å². The van der Waals surface area contributed by atoms with Crippen molar-refractivity contribution < 1.29 is 35.4 Å². The van der Waals surface area contributed by atoms with Gasteiger partial charge in [-0.2, -0.15) is 22.0 Å². The lowest BCUT2D eigenvalue weighted by atomic mass is 10.4. The summed E-state index contributed by atoms with van der Waals surface area (Å²) in [5.41, 5.74) is 0.431. The molecule has 0 bridgehead atoms. The van der Waals surface area contributed by atoms with E-state index in [4.69, 9.17) is 0 Å². The Morgan fingerprint density at radius 1 is 1.06 bits per heavy atom. The number of halogens is 10. The van der Waals surface area contributed by atoms with Crippen LogP contribution in [-0.4, -0.2) is 24.4 Å². The summed E-state index contributed by atoms with van der Waals surface area (Å²) in [4.78, 5) is 0. The summed E-state index contributed by atoms with van der Waals surface area (Å²) in [7, 11) is 0. The van der Waals surface area contributed by atoms with Crippen molar-refractivity contribution in [2.75, 3.05) is 5.88 Å². The molecule has 0 atom stereocenters. The fourth-order valence-corrected chi connectivity index (χ4v) is 0.389. The van der Waals surface area contributed by atoms with Crippen molar-refractivity contribution in [3.63, 3.8) is 0 Å². The Kier molecular flexibility index (Phi) is 11.7. The van der Waals surface area contributed by atoms with Gasteiger partial charge in [-0.3, -0.25) is 4.70 Å². The van der Waals surface area contributed by atoms with Crippen LogP contribution >= 0.6 is 23.2 Å². The average Bonchev–Trinajstić information content (AvgIpc) is 2.03. The maximum absolute atomic E-state index is 11.4. The second-order valence-corrected chi connectivity index (χ2v) is 2.55. The Morgan fingerprint density at radius 3 is 1.44 bits per heavy atom. The molecule has 0 N–H and O–H groups in total. The highest BCUT2D eigenvalue weighted by Crippen LogP contribution is 2.23. The molecule has 0 rings (SSSR count). The van der Waals surface area contributed by atoms with Crippen LogP contribution in [0.1, 0.15) is 0 Å². The van der Waals surface area contributed by atoms with Gasteiger partial charge in [0.05, 0.1) is 5.88 Å². The lowest BCUT2D eigenvalue weighted by Crippen LogP contribution is -2.27. The minimum Gasteiger partial charge on any atom is -0.269 e. The molecule has 0 aliphatic rings. The normalized spacial score (nSPS) is 12.1. The predicted molar refractivity (Wildman–Crippen MR) is 45.2 cm³/mol. The highest BCUT2D eigenvalue weighted by Gasteiger charge is 2.39. The van der Waals surface area contributed by atoms with Crippen LogP contribution in [0.5, 0.6) is 0 Å². The maximum atomic E-state index is 11.4. The van der Waals surface area contributed by atoms with Gasteiger partial charge in [-0.15, -0.1) is 11.6 Å². The van der Waals surface area contributed by atoms with Crippen molar-refractivity contribution >= 4 is 23.2 Å². The van der Waals surface area contributed by atoms with Crippen LogP contribution in [0.3, 0.4) is 0 Å². The first-order valence-electron chi connectivity index (χ1n) is 3.13. The molecule has 0 saturated heterocycles. The van der Waals surface area contributed by atoms with E-state index in [9.17, 15) is 30.7 Å². The standard InChI is InChI=1S/C3H3ClF4.C3H2ClF3.FH/c4-1-3(7,8)2(5)6;4-2-1-3(5,6)7;/h2H,1H2;1-2H;1H/b;2-1-;. The molecule has 0 aliphatic heterocycles. The number of alkyl halides is 8. The Hall–Kier alpha value is -0.240. The molecule has 0 spiro atoms. The monoisotopic (exact) mass is 300 g/mol. The smallest absolute Gasteiger partial charge is 0.269 e. The summed E-state index contributed by atoms with van der Waals surface area (Å²) in [5, 5.41) is 0. The van der Waals surface area contributed by atoms with E-state index < -0.39 is 24.4 Å². The largest absolute Gasteiger partial charge is 0.410 e. The van der Waals surface area contributed by atoms with Gasteiger partial charge in [-0.25, -0.2) is 8.78 Å². The quantitative estimate of drug-likeness (QED) is 0.517. The van der Waals surface area contributed by atoms with E-state index in [1.54, 1.807) is 0 Å². The SMILES string of the molecule is F.FC(F)(F)/C=C\Cl.FC(F)C(F)(F)CCl. The van der Waals surface area contributed by atoms with Crippen LogP contribution in [-0.2, 0) is 0 Å². The third-order valence-electron chi connectivity index (χ3n) is 0.749. The Morgan fingerprint density at radius 2 is 1.44 bits per heavy atom. The molecule has 0 nitrogen and oxygen atoms in total. The summed E-state index contributed by atoms with van der Waals surface area (Å²) >= 11 is 9.04. The highest BCUT2D eigenvalue weighted by molar-refractivity contribution is 6.25. The molecule has 10 heteroatoms. The minimum atomic E-state index is -4.26. The summed E-state index contributed by atoms with van der Waals surface area (Å²) < 4.78 is 77.4. The first kappa shape index (κ1) is 21.1. The number of hydrogen-bond acceptors (Lipinski definition) is 0. The van der Waals surface area contributed by atoms with E-state index in [0.29, 0.717) is 5.54 Å². The van der Waals surface area contributed by atoms with Crippen molar-refractivity contribution in [2.24, 2.45) is 0 Å². The molecule has 0 saturated carbocycles. The molecule has 0 radical (unpaired) electrons. The number of rotatable bonds is 2. The second-order valence-electron chi connectivity index (χ2n) is 2.03. The lowest BCUT2D eigenvalue weighted by Gasteiger charge is -2.09. The van der Waals surface area contributed by atoms with Crippen molar-refractivity contribution in [3.05, 3.63) is 11.6 Å². The van der Waals surface area contributed by atoms with Gasteiger partial charge in [0.1, 0.15) is 0 Å². The van der Waals surface area contributed by atoms with Crippen LogP contribution in [0, 0.1) is 0 Å². The molecule has 0 heterocycles. The van der Waals surface area contributed by atoms with E-state index in [1.807, 2.05) is 0 Å². The molecule has 0 aromatic heterocycles. The Labute approximate surface area is 95.4 Å². The van der Waals surface area contributed by atoms with Crippen LogP contribution in [0.4, 0.5) is 35.4 Å². The zero-order chi connectivity index (χ0) is 12.7. The molecule has 0 amide bonds. The van der Waals surface area contributed by atoms with Crippen LogP contribution in [0.15, 0.2) is 11.6 Å². The molecule has 0 aliphatic carbocycles. The summed E-state index contributed by atoms with van der Waals surface area (Å²) in [5.74, 6) is -5.35. The predicted octanol–water partition coefficient (Wildman–Crippen LogP) is 4.58. The third kappa shape index (κ3) is 13.8. The molecule has 16 heavy (non-hydrogen) atoms. The van der Waals surface area contributed by atoms with Gasteiger partial charge >= 0.3 is 18.5 Å². The van der Waals surface area contributed by atoms with Gasteiger partial charge in [0.25, 0.3) is 0 Å². The fourth-order valence-electron chi connectivity index (χ4n) is 0.130. The van der Waals surface area contributed by atoms with E-state index >= 15 is 0 Å². The van der Waals surface area contributed by atoms with Gasteiger partial charge in [0.15, 0.2) is 0 Å². The molecular weight excluding hydrogens is 295 g/mol. The molecule has 0 aromatic carbocycles. The average molecular weight is 301 g/mol. The van der Waals surface area contributed by atoms with Crippen LogP contribution in [0.2, 0.25) is 0 Å². The van der Waals surface area contributed by atoms with Gasteiger partial charge in [0, 0.05) is 11.6 Å². The van der Waals surface area contributed by atoms with Crippen molar-refractivity contribution in [1.82, 2.24) is 0 Å². The topological polar surface area (TPSA) is 0 Å². The molecule has 0 aromatic rings. The zero-order valence-electron chi connectivity index (χ0n) is 7.25. The first-order valence-corrected chi connectivity index (χ1v) is 4.10. The maximum Gasteiger partial charge on any atom is 0.410 e. The van der Waals surface area contributed by atoms with Gasteiger partial charge < -0.3 is 0 Å². The van der Waals surface area contributed by atoms with Crippen LogP contribution in [0.25, 0.3) is 0 Å². The Balaban J connectivity index is -0.000000200. The fraction of sp³-hybridized carbons (Fsp3) is 0.667. The zero-order valence-corrected chi connectivity index (χ0v) is 8.76. The molecule has 100 valence electrons. The number of hydrogen-bond donors (Lipinski definition) is 0. The highest BCUT2D eigenvalue weighted by atomic mass is 35.5. The Bertz CT molecular complexity index is 187. The van der Waals surface area contributed by atoms with E-state index in [0.717, 1.165) is 0 Å². The summed E-state index contributed by atoms with van der Waals surface area (Å²) in [6.45, 7) is 0. The number of allylic oxidation sites excluding steroid dienone is 1. The van der Waals surface area contributed by atoms with E-state index in [-0.39, 0.29) is 10.8 Å². The van der Waals surface area contributed by atoms with E-state index in [1.165, 1.54) is 0 Å². The van der Waals surface area contributed by atoms with Crippen molar-refractivity contribution in [2.45, 2.75) is 18.5 Å². The van der Waals surface area contributed by atoms with E-state index in [2.05, 4.69) is 23.2 Å². The third-order valence-corrected chi connectivity index (χ3v) is 1.23. The van der Waals surface area contributed by atoms with Crippen LogP contribution < -0.4 is 0 Å². The molecule has 0 unspecified atom stereocenters. The van der Waals surface area contributed by atoms with Crippen molar-refractivity contribution in [3.8, 4) is 0 Å². The summed E-state index contributed by atoms with van der Waals surface area (Å²) in [6, 6.07) is 0. The van der Waals surface area contributed by atoms with Gasteiger partial charge in [-0.05, 0) is 0 Å². The van der Waals surface area contributed by atoms with Gasteiger partial charge in [0.2, 0.25) is 0 Å². The summed E-state index contributed by atoms with van der Waals surface area (Å²) in [6.07, 6.45) is -7.96. The first-order chi connectivity index (χ1) is 6.56. The lowest BCUT2D eigenvalue weighted by molar-refractivity contribution is -0.110.